The summed E-state index contributed by atoms with van der Waals surface area (Å²) in [5.74, 6) is -0.302. The molecule has 3 aromatic rings. The molecule has 27 heavy (non-hydrogen) atoms. The Balaban J connectivity index is 1.57. The molecule has 0 radical (unpaired) electrons. The number of aryl methyl sites for hydroxylation is 1. The van der Waals surface area contributed by atoms with Gasteiger partial charge in [-0.2, -0.15) is 0 Å². The third-order valence-electron chi connectivity index (χ3n) is 4.03. The molecule has 0 unspecified atom stereocenters. The van der Waals surface area contributed by atoms with E-state index in [0.717, 1.165) is 17.7 Å². The number of thiocarbonyl (C=S) groups is 1. The van der Waals surface area contributed by atoms with Crippen molar-refractivity contribution < 1.29 is 4.79 Å². The summed E-state index contributed by atoms with van der Waals surface area (Å²) in [6.45, 7) is 1.88. The summed E-state index contributed by atoms with van der Waals surface area (Å²) in [7, 11) is 0. The molecule has 1 aromatic heterocycles. The van der Waals surface area contributed by atoms with Gasteiger partial charge in [-0.15, -0.1) is 0 Å². The molecule has 136 valence electrons. The summed E-state index contributed by atoms with van der Waals surface area (Å²) < 4.78 is 0. The SMILES string of the molecule is Cc1ccc(C(=O)NC(=S)Nc2ccc(Cc3ccncc3)cc2)cc1Cl. The number of aromatic nitrogens is 1. The highest BCUT2D eigenvalue weighted by Gasteiger charge is 2.09. The van der Waals surface area contributed by atoms with Crippen LogP contribution in [0.15, 0.2) is 67.0 Å². The lowest BCUT2D eigenvalue weighted by atomic mass is 10.1. The molecular formula is C21H18ClN3OS. The molecule has 3 rings (SSSR count). The lowest BCUT2D eigenvalue weighted by Gasteiger charge is -2.11. The van der Waals surface area contributed by atoms with Crippen LogP contribution < -0.4 is 10.6 Å². The van der Waals surface area contributed by atoms with E-state index in [9.17, 15) is 4.79 Å². The summed E-state index contributed by atoms with van der Waals surface area (Å²) in [6, 6.07) is 17.0. The van der Waals surface area contributed by atoms with Crippen LogP contribution in [0.3, 0.4) is 0 Å². The molecule has 0 saturated heterocycles. The van der Waals surface area contributed by atoms with Crippen molar-refractivity contribution in [2.45, 2.75) is 13.3 Å². The highest BCUT2D eigenvalue weighted by Crippen LogP contribution is 2.17. The van der Waals surface area contributed by atoms with Gasteiger partial charge in [-0.1, -0.05) is 29.8 Å². The van der Waals surface area contributed by atoms with Crippen LogP contribution in [0.4, 0.5) is 5.69 Å². The highest BCUT2D eigenvalue weighted by atomic mass is 35.5. The van der Waals surface area contributed by atoms with Crippen molar-refractivity contribution in [2.24, 2.45) is 0 Å². The second-order valence-corrected chi connectivity index (χ2v) is 6.92. The maximum Gasteiger partial charge on any atom is 0.257 e. The van der Waals surface area contributed by atoms with Crippen LogP contribution in [0, 0.1) is 6.92 Å². The number of amides is 1. The number of benzene rings is 2. The predicted octanol–water partition coefficient (Wildman–Crippen LogP) is 4.76. The molecule has 0 atom stereocenters. The van der Waals surface area contributed by atoms with Crippen LogP contribution in [0.25, 0.3) is 0 Å². The summed E-state index contributed by atoms with van der Waals surface area (Å²) in [5, 5.41) is 6.46. The average molecular weight is 396 g/mol. The molecule has 0 saturated carbocycles. The van der Waals surface area contributed by atoms with Gasteiger partial charge < -0.3 is 5.32 Å². The second-order valence-electron chi connectivity index (χ2n) is 6.10. The summed E-state index contributed by atoms with van der Waals surface area (Å²) in [4.78, 5) is 16.3. The zero-order valence-corrected chi connectivity index (χ0v) is 16.3. The van der Waals surface area contributed by atoms with Crippen molar-refractivity contribution in [3.8, 4) is 0 Å². The molecule has 6 heteroatoms. The normalized spacial score (nSPS) is 10.3. The van der Waals surface area contributed by atoms with Crippen molar-refractivity contribution in [3.05, 3.63) is 94.3 Å². The van der Waals surface area contributed by atoms with E-state index in [1.54, 1.807) is 30.6 Å². The van der Waals surface area contributed by atoms with E-state index in [1.165, 1.54) is 11.1 Å². The van der Waals surface area contributed by atoms with Crippen molar-refractivity contribution in [1.29, 1.82) is 0 Å². The first-order chi connectivity index (χ1) is 13.0. The molecule has 4 nitrogen and oxygen atoms in total. The topological polar surface area (TPSA) is 54.0 Å². The van der Waals surface area contributed by atoms with E-state index in [4.69, 9.17) is 23.8 Å². The molecule has 1 heterocycles. The van der Waals surface area contributed by atoms with Crippen molar-refractivity contribution >= 4 is 40.5 Å². The molecule has 0 aliphatic carbocycles. The minimum absolute atomic E-state index is 0.235. The van der Waals surface area contributed by atoms with Crippen molar-refractivity contribution in [1.82, 2.24) is 10.3 Å². The number of pyridine rings is 1. The van der Waals surface area contributed by atoms with Gasteiger partial charge in [-0.25, -0.2) is 0 Å². The fraction of sp³-hybridized carbons (Fsp3) is 0.0952. The fourth-order valence-corrected chi connectivity index (χ4v) is 2.91. The third-order valence-corrected chi connectivity index (χ3v) is 4.64. The fourth-order valence-electron chi connectivity index (χ4n) is 2.51. The Hall–Kier alpha value is -2.76. The number of halogens is 1. The summed E-state index contributed by atoms with van der Waals surface area (Å²) >= 11 is 11.3. The largest absolute Gasteiger partial charge is 0.332 e. The average Bonchev–Trinajstić information content (AvgIpc) is 2.66. The van der Waals surface area contributed by atoms with Gasteiger partial charge in [0.15, 0.2) is 5.11 Å². The number of anilines is 1. The molecule has 0 bridgehead atoms. The minimum atomic E-state index is -0.302. The molecule has 0 spiro atoms. The van der Waals surface area contributed by atoms with Crippen LogP contribution in [0.5, 0.6) is 0 Å². The van der Waals surface area contributed by atoms with E-state index in [0.29, 0.717) is 10.6 Å². The van der Waals surface area contributed by atoms with E-state index >= 15 is 0 Å². The molecule has 0 fully saturated rings. The first-order valence-corrected chi connectivity index (χ1v) is 9.16. The molecule has 1 amide bonds. The predicted molar refractivity (Wildman–Crippen MR) is 113 cm³/mol. The molecule has 0 aliphatic heterocycles. The molecular weight excluding hydrogens is 378 g/mol. The zero-order chi connectivity index (χ0) is 19.2. The van der Waals surface area contributed by atoms with Crippen LogP contribution in [0.2, 0.25) is 5.02 Å². The van der Waals surface area contributed by atoms with E-state index < -0.39 is 0 Å². The lowest BCUT2D eigenvalue weighted by molar-refractivity contribution is 0.0977. The number of hydrogen-bond acceptors (Lipinski definition) is 3. The zero-order valence-electron chi connectivity index (χ0n) is 14.7. The van der Waals surface area contributed by atoms with Gasteiger partial charge in [0.25, 0.3) is 5.91 Å². The van der Waals surface area contributed by atoms with Gasteiger partial charge in [0.05, 0.1) is 0 Å². The Kier molecular flexibility index (Phi) is 6.16. The number of carbonyl (C=O) groups excluding carboxylic acids is 1. The Morgan fingerprint density at radius 1 is 1.04 bits per heavy atom. The minimum Gasteiger partial charge on any atom is -0.332 e. The van der Waals surface area contributed by atoms with E-state index in [1.807, 2.05) is 43.3 Å². The van der Waals surface area contributed by atoms with Crippen LogP contribution in [0.1, 0.15) is 27.0 Å². The van der Waals surface area contributed by atoms with E-state index in [-0.39, 0.29) is 11.0 Å². The third kappa shape index (κ3) is 5.36. The smallest absolute Gasteiger partial charge is 0.257 e. The number of nitrogens with one attached hydrogen (secondary N) is 2. The van der Waals surface area contributed by atoms with Crippen molar-refractivity contribution in [3.63, 3.8) is 0 Å². The summed E-state index contributed by atoms with van der Waals surface area (Å²) in [6.07, 6.45) is 4.40. The maximum absolute atomic E-state index is 12.3. The standard InChI is InChI=1S/C21H18ClN3OS/c1-14-2-5-17(13-19(14)22)20(26)25-21(27)24-18-6-3-15(4-7-18)12-16-8-10-23-11-9-16/h2-11,13H,12H2,1H3,(H2,24,25,26,27). The second kappa shape index (κ2) is 8.75. The lowest BCUT2D eigenvalue weighted by Crippen LogP contribution is -2.34. The van der Waals surface area contributed by atoms with Gasteiger partial charge >= 0.3 is 0 Å². The Morgan fingerprint density at radius 2 is 1.70 bits per heavy atom. The maximum atomic E-state index is 12.3. The molecule has 0 aliphatic rings. The van der Waals surface area contributed by atoms with Crippen LogP contribution in [-0.4, -0.2) is 16.0 Å². The van der Waals surface area contributed by atoms with Gasteiger partial charge in [-0.3, -0.25) is 15.1 Å². The van der Waals surface area contributed by atoms with Gasteiger partial charge in [0.1, 0.15) is 0 Å². The first kappa shape index (κ1) is 19.0. The monoisotopic (exact) mass is 395 g/mol. The van der Waals surface area contributed by atoms with Crippen molar-refractivity contribution in [2.75, 3.05) is 5.32 Å². The van der Waals surface area contributed by atoms with E-state index in [2.05, 4.69) is 15.6 Å². The molecule has 2 N–H and O–H groups in total. The number of hydrogen-bond donors (Lipinski definition) is 2. The van der Waals surface area contributed by atoms with Gasteiger partial charge in [0, 0.05) is 28.7 Å². The Bertz CT molecular complexity index is 959. The Morgan fingerprint density at radius 3 is 2.37 bits per heavy atom. The number of rotatable bonds is 4. The number of carbonyl (C=O) groups is 1. The quantitative estimate of drug-likeness (QED) is 0.625. The first-order valence-electron chi connectivity index (χ1n) is 8.37. The summed E-state index contributed by atoms with van der Waals surface area (Å²) in [5.41, 5.74) is 4.56. The number of nitrogens with zero attached hydrogens (tertiary/aromatic N) is 1. The van der Waals surface area contributed by atoms with Gasteiger partial charge in [0.2, 0.25) is 0 Å². The van der Waals surface area contributed by atoms with Gasteiger partial charge in [-0.05, 0) is 78.7 Å². The Labute approximate surface area is 168 Å². The highest BCUT2D eigenvalue weighted by molar-refractivity contribution is 7.80. The van der Waals surface area contributed by atoms with Crippen LogP contribution >= 0.6 is 23.8 Å². The van der Waals surface area contributed by atoms with Crippen LogP contribution in [-0.2, 0) is 6.42 Å². The molecule has 2 aromatic carbocycles.